The predicted octanol–water partition coefficient (Wildman–Crippen LogP) is 3.06. The lowest BCUT2D eigenvalue weighted by atomic mass is 10.2. The lowest BCUT2D eigenvalue weighted by Gasteiger charge is -2.18. The molecule has 0 bridgehead atoms. The van der Waals surface area contributed by atoms with Crippen LogP contribution in [0.2, 0.25) is 0 Å². The molecule has 1 atom stereocenters. The molecule has 2 aromatic rings. The van der Waals surface area contributed by atoms with E-state index in [-0.39, 0.29) is 30.1 Å². The highest BCUT2D eigenvalue weighted by atomic mass is 32.2. The van der Waals surface area contributed by atoms with E-state index in [0.717, 1.165) is 0 Å². The molecule has 1 aromatic carbocycles. The van der Waals surface area contributed by atoms with Crippen LogP contribution in [0.5, 0.6) is 5.75 Å². The van der Waals surface area contributed by atoms with Gasteiger partial charge >= 0.3 is 27.6 Å². The highest BCUT2D eigenvalue weighted by molar-refractivity contribution is 7.90. The highest BCUT2D eigenvalue weighted by Crippen LogP contribution is 2.32. The molecule has 2 heterocycles. The maximum atomic E-state index is 12.6. The summed E-state index contributed by atoms with van der Waals surface area (Å²) in [7, 11) is -5.42. The van der Waals surface area contributed by atoms with E-state index < -0.39 is 40.2 Å². The van der Waals surface area contributed by atoms with Gasteiger partial charge in [-0.25, -0.2) is 8.42 Å². The van der Waals surface area contributed by atoms with Crippen molar-refractivity contribution in [3.63, 3.8) is 0 Å². The SMILES string of the molecule is O=S(=O)(N1CCC(Oc2ccc(-c3noc(C(F)(F)F)n3)cc2)C1)C(F)(F)F. The number of alkyl halides is 6. The summed E-state index contributed by atoms with van der Waals surface area (Å²) >= 11 is 0. The van der Waals surface area contributed by atoms with Crippen molar-refractivity contribution in [2.45, 2.75) is 24.2 Å². The van der Waals surface area contributed by atoms with E-state index in [4.69, 9.17) is 4.74 Å². The van der Waals surface area contributed by atoms with Crippen LogP contribution in [0, 0.1) is 0 Å². The fraction of sp³-hybridized carbons (Fsp3) is 0.429. The Balaban J connectivity index is 1.65. The molecule has 14 heteroatoms. The lowest BCUT2D eigenvalue weighted by molar-refractivity contribution is -0.159. The topological polar surface area (TPSA) is 85.5 Å². The van der Waals surface area contributed by atoms with Gasteiger partial charge in [0, 0.05) is 12.1 Å². The molecule has 1 aromatic heterocycles. The average Bonchev–Trinajstić information content (AvgIpc) is 3.23. The van der Waals surface area contributed by atoms with Crippen molar-refractivity contribution in [2.75, 3.05) is 13.1 Å². The van der Waals surface area contributed by atoms with Crippen LogP contribution in [-0.2, 0) is 16.2 Å². The summed E-state index contributed by atoms with van der Waals surface area (Å²) < 4.78 is 108. The molecular formula is C14H11F6N3O4S. The Kier molecular flexibility index (Phi) is 5.04. The third-order valence-electron chi connectivity index (χ3n) is 3.82. The standard InChI is InChI=1S/C14H11F6N3O4S/c15-13(16,17)12-21-11(22-27-12)8-1-3-9(4-2-8)26-10-5-6-23(7-10)28(24,25)14(18,19)20/h1-4,10H,5-7H2. The quantitative estimate of drug-likeness (QED) is 0.692. The summed E-state index contributed by atoms with van der Waals surface area (Å²) in [6.07, 6.45) is -5.53. The van der Waals surface area contributed by atoms with Crippen LogP contribution in [-0.4, -0.2) is 47.6 Å². The Morgan fingerprint density at radius 1 is 1.11 bits per heavy atom. The van der Waals surface area contributed by atoms with Crippen molar-refractivity contribution >= 4 is 10.0 Å². The zero-order chi connectivity index (χ0) is 20.7. The van der Waals surface area contributed by atoms with Crippen LogP contribution < -0.4 is 4.74 Å². The van der Waals surface area contributed by atoms with Gasteiger partial charge in [0.15, 0.2) is 0 Å². The zero-order valence-corrected chi connectivity index (χ0v) is 14.5. The Morgan fingerprint density at radius 2 is 1.75 bits per heavy atom. The van der Waals surface area contributed by atoms with Crippen LogP contribution in [0.3, 0.4) is 0 Å². The number of rotatable bonds is 4. The average molecular weight is 431 g/mol. The van der Waals surface area contributed by atoms with Crippen molar-refractivity contribution in [3.05, 3.63) is 30.2 Å². The number of ether oxygens (including phenoxy) is 1. The number of hydrogen-bond acceptors (Lipinski definition) is 6. The van der Waals surface area contributed by atoms with Crippen LogP contribution >= 0.6 is 0 Å². The van der Waals surface area contributed by atoms with E-state index in [0.29, 0.717) is 4.31 Å². The Morgan fingerprint density at radius 3 is 2.29 bits per heavy atom. The van der Waals surface area contributed by atoms with E-state index in [1.165, 1.54) is 24.3 Å². The third kappa shape index (κ3) is 4.06. The molecule has 1 fully saturated rings. The summed E-state index contributed by atoms with van der Waals surface area (Å²) in [5.41, 5.74) is -5.19. The van der Waals surface area contributed by atoms with Gasteiger partial charge in [0.25, 0.3) is 0 Å². The first-order valence-corrected chi connectivity index (χ1v) is 9.06. The Bertz CT molecular complexity index is 939. The van der Waals surface area contributed by atoms with Gasteiger partial charge in [-0.2, -0.15) is 35.6 Å². The van der Waals surface area contributed by atoms with Gasteiger partial charge in [0.2, 0.25) is 5.82 Å². The van der Waals surface area contributed by atoms with E-state index in [1.807, 2.05) is 0 Å². The van der Waals surface area contributed by atoms with Crippen LogP contribution in [0.25, 0.3) is 11.4 Å². The van der Waals surface area contributed by atoms with Gasteiger partial charge in [-0.3, -0.25) is 0 Å². The molecule has 0 radical (unpaired) electrons. The van der Waals surface area contributed by atoms with Crippen molar-refractivity contribution in [1.29, 1.82) is 0 Å². The molecule has 1 saturated heterocycles. The van der Waals surface area contributed by atoms with E-state index in [2.05, 4.69) is 14.7 Å². The molecule has 0 N–H and O–H groups in total. The second kappa shape index (κ2) is 6.92. The van der Waals surface area contributed by atoms with Crippen LogP contribution in [0.4, 0.5) is 26.3 Å². The minimum Gasteiger partial charge on any atom is -0.489 e. The van der Waals surface area contributed by atoms with Gasteiger partial charge in [-0.05, 0) is 30.7 Å². The van der Waals surface area contributed by atoms with Crippen LogP contribution in [0.1, 0.15) is 12.3 Å². The predicted molar refractivity (Wildman–Crippen MR) is 80.3 cm³/mol. The number of nitrogens with zero attached hydrogens (tertiary/aromatic N) is 3. The van der Waals surface area contributed by atoms with Gasteiger partial charge in [0.1, 0.15) is 11.9 Å². The fourth-order valence-corrected chi connectivity index (χ4v) is 3.49. The number of aromatic nitrogens is 2. The largest absolute Gasteiger partial charge is 0.511 e. The first-order valence-electron chi connectivity index (χ1n) is 7.62. The lowest BCUT2D eigenvalue weighted by Crippen LogP contribution is -2.40. The molecule has 28 heavy (non-hydrogen) atoms. The second-order valence-corrected chi connectivity index (χ2v) is 7.71. The minimum absolute atomic E-state index is 0.0524. The normalized spacial score (nSPS) is 19.1. The van der Waals surface area contributed by atoms with Crippen molar-refractivity contribution in [1.82, 2.24) is 14.4 Å². The van der Waals surface area contributed by atoms with E-state index >= 15 is 0 Å². The molecule has 1 aliphatic rings. The summed E-state index contributed by atoms with van der Waals surface area (Å²) in [5.74, 6) is -1.61. The molecule has 0 amide bonds. The zero-order valence-electron chi connectivity index (χ0n) is 13.7. The van der Waals surface area contributed by atoms with Crippen molar-refractivity contribution in [3.8, 4) is 17.1 Å². The maximum absolute atomic E-state index is 12.6. The molecule has 3 rings (SSSR count). The molecule has 1 aliphatic heterocycles. The van der Waals surface area contributed by atoms with E-state index in [1.54, 1.807) is 0 Å². The molecule has 0 spiro atoms. The van der Waals surface area contributed by atoms with Crippen molar-refractivity contribution < 1.29 is 44.0 Å². The molecule has 7 nitrogen and oxygen atoms in total. The fourth-order valence-electron chi connectivity index (χ4n) is 2.49. The summed E-state index contributed by atoms with van der Waals surface area (Å²) in [6.45, 7) is -0.808. The molecule has 0 aliphatic carbocycles. The Hall–Kier alpha value is -2.35. The first kappa shape index (κ1) is 20.4. The van der Waals surface area contributed by atoms with Gasteiger partial charge in [-0.1, -0.05) is 5.16 Å². The molecule has 0 saturated carbocycles. The molecule has 1 unspecified atom stereocenters. The second-order valence-electron chi connectivity index (χ2n) is 5.78. The van der Waals surface area contributed by atoms with Gasteiger partial charge in [-0.15, -0.1) is 0 Å². The smallest absolute Gasteiger partial charge is 0.489 e. The summed E-state index contributed by atoms with van der Waals surface area (Å²) in [4.78, 5) is 3.22. The summed E-state index contributed by atoms with van der Waals surface area (Å²) in [5, 5.41) is 3.22. The first-order chi connectivity index (χ1) is 12.9. The third-order valence-corrected chi connectivity index (χ3v) is 5.42. The maximum Gasteiger partial charge on any atom is 0.511 e. The summed E-state index contributed by atoms with van der Waals surface area (Å²) in [6, 6.07) is 5.36. The van der Waals surface area contributed by atoms with Gasteiger partial charge < -0.3 is 9.26 Å². The number of halogens is 6. The minimum atomic E-state index is -5.42. The van der Waals surface area contributed by atoms with E-state index in [9.17, 15) is 34.8 Å². The highest BCUT2D eigenvalue weighted by Gasteiger charge is 2.51. The molecular weight excluding hydrogens is 420 g/mol. The monoisotopic (exact) mass is 431 g/mol. The Labute approximate surface area is 153 Å². The van der Waals surface area contributed by atoms with Gasteiger partial charge in [0.05, 0.1) is 6.54 Å². The van der Waals surface area contributed by atoms with Crippen molar-refractivity contribution in [2.24, 2.45) is 0 Å². The number of benzene rings is 1. The van der Waals surface area contributed by atoms with Crippen LogP contribution in [0.15, 0.2) is 28.8 Å². The number of sulfonamides is 1. The molecule has 154 valence electrons. The number of hydrogen-bond donors (Lipinski definition) is 0.